The molecule has 1 unspecified atom stereocenters. The minimum absolute atomic E-state index is 0.534. The van der Waals surface area contributed by atoms with Crippen LogP contribution in [0.2, 0.25) is 0 Å². The maximum absolute atomic E-state index is 4.08. The van der Waals surface area contributed by atoms with Crippen LogP contribution in [0.15, 0.2) is 6.33 Å². The van der Waals surface area contributed by atoms with Crippen LogP contribution in [0, 0.1) is 0 Å². The number of piperidine rings is 1. The minimum atomic E-state index is 0.534. The highest BCUT2D eigenvalue weighted by Crippen LogP contribution is 2.12. The molecule has 2 N–H and O–H groups in total. The lowest BCUT2D eigenvalue weighted by molar-refractivity contribution is 0.480. The minimum Gasteiger partial charge on any atom is -0.356 e. The first-order valence-corrected chi connectivity index (χ1v) is 4.96. The van der Waals surface area contributed by atoms with E-state index >= 15 is 0 Å². The van der Waals surface area contributed by atoms with Gasteiger partial charge >= 0.3 is 0 Å². The molecule has 0 bridgehead atoms. The van der Waals surface area contributed by atoms with E-state index in [-0.39, 0.29) is 0 Å². The van der Waals surface area contributed by atoms with Crippen molar-refractivity contribution in [2.24, 2.45) is 0 Å². The van der Waals surface area contributed by atoms with Crippen molar-refractivity contribution in [3.05, 3.63) is 6.33 Å². The Morgan fingerprint density at radius 3 is 3.33 bits per heavy atom. The summed E-state index contributed by atoms with van der Waals surface area (Å²) in [6.07, 6.45) is 4.06. The molecule has 4 nitrogen and oxygen atoms in total. The average Bonchev–Trinajstić information content (AvgIpc) is 2.59. The van der Waals surface area contributed by atoms with Crippen molar-refractivity contribution in [3.63, 3.8) is 0 Å². The van der Waals surface area contributed by atoms with Gasteiger partial charge in [-0.15, -0.1) is 0 Å². The lowest BCUT2D eigenvalue weighted by atomic mass is 10.1. The fraction of sp³-hybridized carbons (Fsp3) is 0.714. The standard InChI is InChI=1S/C7H12N4S/c1-2-6(4-8-3-1)11-7-9-5-10-12-7/h5-6,8H,1-4H2,(H,9,10,11). The van der Waals surface area contributed by atoms with Gasteiger partial charge in [0.05, 0.1) is 0 Å². The van der Waals surface area contributed by atoms with Gasteiger partial charge in [-0.3, -0.25) is 0 Å². The van der Waals surface area contributed by atoms with Crippen LogP contribution in [0.1, 0.15) is 12.8 Å². The molecule has 0 aliphatic carbocycles. The Labute approximate surface area is 75.6 Å². The van der Waals surface area contributed by atoms with Crippen molar-refractivity contribution in [2.45, 2.75) is 18.9 Å². The van der Waals surface area contributed by atoms with Gasteiger partial charge in [0.2, 0.25) is 5.13 Å². The SMILES string of the molecule is c1nsc(NC2CCCNC2)n1. The third-order valence-electron chi connectivity index (χ3n) is 1.99. The lowest BCUT2D eigenvalue weighted by Gasteiger charge is -2.22. The normalized spacial score (nSPS) is 23.8. The van der Waals surface area contributed by atoms with Crippen LogP contribution < -0.4 is 10.6 Å². The summed E-state index contributed by atoms with van der Waals surface area (Å²) < 4.78 is 3.94. The number of hydrogen-bond acceptors (Lipinski definition) is 5. The predicted octanol–water partition coefficient (Wildman–Crippen LogP) is 0.702. The highest BCUT2D eigenvalue weighted by atomic mass is 32.1. The van der Waals surface area contributed by atoms with Crippen molar-refractivity contribution in [3.8, 4) is 0 Å². The van der Waals surface area contributed by atoms with Gasteiger partial charge in [0, 0.05) is 24.1 Å². The fourth-order valence-electron chi connectivity index (χ4n) is 1.39. The number of aromatic nitrogens is 2. The van der Waals surface area contributed by atoms with Crippen molar-refractivity contribution in [1.82, 2.24) is 14.7 Å². The molecule has 2 rings (SSSR count). The van der Waals surface area contributed by atoms with E-state index < -0.39 is 0 Å². The smallest absolute Gasteiger partial charge is 0.202 e. The molecule has 66 valence electrons. The largest absolute Gasteiger partial charge is 0.356 e. The third kappa shape index (κ3) is 1.92. The lowest BCUT2D eigenvalue weighted by Crippen LogP contribution is -2.38. The van der Waals surface area contributed by atoms with Gasteiger partial charge in [-0.05, 0) is 19.4 Å². The maximum Gasteiger partial charge on any atom is 0.202 e. The Bertz CT molecular complexity index is 217. The zero-order valence-electron chi connectivity index (χ0n) is 6.79. The highest BCUT2D eigenvalue weighted by Gasteiger charge is 2.12. The van der Waals surface area contributed by atoms with E-state index in [1.807, 2.05) is 0 Å². The van der Waals surface area contributed by atoms with Gasteiger partial charge in [-0.1, -0.05) is 0 Å². The molecule has 0 saturated carbocycles. The molecule has 1 aliphatic rings. The Balaban J connectivity index is 1.86. The van der Waals surface area contributed by atoms with Gasteiger partial charge in [-0.2, -0.15) is 4.37 Å². The first-order chi connectivity index (χ1) is 5.95. The molecule has 2 heterocycles. The summed E-state index contributed by atoms with van der Waals surface area (Å²) in [6, 6.07) is 0.534. The number of hydrogen-bond donors (Lipinski definition) is 2. The molecule has 1 saturated heterocycles. The van der Waals surface area contributed by atoms with E-state index in [2.05, 4.69) is 20.0 Å². The van der Waals surface area contributed by atoms with Crippen molar-refractivity contribution in [2.75, 3.05) is 18.4 Å². The monoisotopic (exact) mass is 184 g/mol. The summed E-state index contributed by atoms with van der Waals surface area (Å²) in [6.45, 7) is 2.19. The summed E-state index contributed by atoms with van der Waals surface area (Å²) >= 11 is 1.42. The van der Waals surface area contributed by atoms with Crippen molar-refractivity contribution < 1.29 is 0 Å². The molecule has 1 aromatic heterocycles. The number of rotatable bonds is 2. The Morgan fingerprint density at radius 1 is 1.67 bits per heavy atom. The molecule has 1 aromatic rings. The highest BCUT2D eigenvalue weighted by molar-refractivity contribution is 7.09. The number of nitrogens with zero attached hydrogens (tertiary/aromatic N) is 2. The van der Waals surface area contributed by atoms with Gasteiger partial charge < -0.3 is 10.6 Å². The van der Waals surface area contributed by atoms with E-state index in [0.29, 0.717) is 6.04 Å². The van der Waals surface area contributed by atoms with E-state index in [0.717, 1.165) is 18.2 Å². The molecule has 1 atom stereocenters. The number of nitrogens with one attached hydrogen (secondary N) is 2. The molecule has 1 fully saturated rings. The molecule has 0 radical (unpaired) electrons. The van der Waals surface area contributed by atoms with Crippen LogP contribution in [0.4, 0.5) is 5.13 Å². The van der Waals surface area contributed by atoms with Crippen LogP contribution in [0.25, 0.3) is 0 Å². The van der Waals surface area contributed by atoms with Crippen molar-refractivity contribution in [1.29, 1.82) is 0 Å². The quantitative estimate of drug-likeness (QED) is 0.710. The number of anilines is 1. The average molecular weight is 184 g/mol. The Hall–Kier alpha value is -0.680. The van der Waals surface area contributed by atoms with E-state index in [1.54, 1.807) is 6.33 Å². The topological polar surface area (TPSA) is 49.8 Å². The Morgan fingerprint density at radius 2 is 2.67 bits per heavy atom. The molecule has 0 amide bonds. The molecule has 0 aromatic carbocycles. The van der Waals surface area contributed by atoms with E-state index in [9.17, 15) is 0 Å². The van der Waals surface area contributed by atoms with Crippen LogP contribution in [-0.4, -0.2) is 28.5 Å². The van der Waals surface area contributed by atoms with Gasteiger partial charge in [-0.25, -0.2) is 4.98 Å². The summed E-state index contributed by atoms with van der Waals surface area (Å²) in [7, 11) is 0. The van der Waals surface area contributed by atoms with E-state index in [4.69, 9.17) is 0 Å². The van der Waals surface area contributed by atoms with Crippen LogP contribution in [0.3, 0.4) is 0 Å². The predicted molar refractivity (Wildman–Crippen MR) is 49.4 cm³/mol. The molecule has 1 aliphatic heterocycles. The molecule has 5 heteroatoms. The van der Waals surface area contributed by atoms with Crippen molar-refractivity contribution >= 4 is 16.7 Å². The first-order valence-electron chi connectivity index (χ1n) is 4.19. The van der Waals surface area contributed by atoms with Gasteiger partial charge in [0.25, 0.3) is 0 Å². The zero-order valence-corrected chi connectivity index (χ0v) is 7.60. The summed E-state index contributed by atoms with van der Waals surface area (Å²) in [4.78, 5) is 4.08. The molecule has 0 spiro atoms. The molecular formula is C7H12N4S. The second kappa shape index (κ2) is 3.82. The summed E-state index contributed by atoms with van der Waals surface area (Å²) in [5.41, 5.74) is 0. The van der Waals surface area contributed by atoms with Crippen LogP contribution in [0.5, 0.6) is 0 Å². The zero-order chi connectivity index (χ0) is 8.23. The van der Waals surface area contributed by atoms with Gasteiger partial charge in [0.1, 0.15) is 6.33 Å². The molecule has 12 heavy (non-hydrogen) atoms. The van der Waals surface area contributed by atoms with Crippen LogP contribution >= 0.6 is 11.5 Å². The van der Waals surface area contributed by atoms with Gasteiger partial charge in [0.15, 0.2) is 0 Å². The summed E-state index contributed by atoms with van der Waals surface area (Å²) in [5.74, 6) is 0. The Kier molecular flexibility index (Phi) is 2.53. The summed E-state index contributed by atoms with van der Waals surface area (Å²) in [5, 5.41) is 7.62. The first kappa shape index (κ1) is 7.94. The van der Waals surface area contributed by atoms with E-state index in [1.165, 1.54) is 24.4 Å². The third-order valence-corrected chi connectivity index (χ3v) is 2.58. The maximum atomic E-state index is 4.08. The van der Waals surface area contributed by atoms with Crippen LogP contribution in [-0.2, 0) is 0 Å². The fourth-order valence-corrected chi connectivity index (χ4v) is 1.89. The second-order valence-electron chi connectivity index (χ2n) is 2.93. The second-order valence-corrected chi connectivity index (χ2v) is 3.71. The molecular weight excluding hydrogens is 172 g/mol.